The number of carbonyl (C=O) groups is 1. The molecule has 0 aromatic heterocycles. The minimum Gasteiger partial charge on any atom is -0.508 e. The minimum absolute atomic E-state index is 0.247. The number of nitrogens with zero attached hydrogens (tertiary/aromatic N) is 3. The topological polar surface area (TPSA) is 47.0 Å². The zero-order valence-electron chi connectivity index (χ0n) is 14.9. The molecule has 5 heteroatoms. The maximum Gasteiger partial charge on any atom is 0.222 e. The number of piperidine rings is 3. The Balaban J connectivity index is 1.25. The van der Waals surface area contributed by atoms with Gasteiger partial charge >= 0.3 is 0 Å². The number of aromatic hydroxyl groups is 1. The van der Waals surface area contributed by atoms with Crippen LogP contribution in [0.1, 0.15) is 24.8 Å². The van der Waals surface area contributed by atoms with E-state index in [9.17, 15) is 9.90 Å². The Morgan fingerprint density at radius 2 is 1.84 bits per heavy atom. The van der Waals surface area contributed by atoms with Crippen LogP contribution in [0.15, 0.2) is 24.3 Å². The fourth-order valence-electron chi connectivity index (χ4n) is 4.77. The predicted molar refractivity (Wildman–Crippen MR) is 97.5 cm³/mol. The Labute approximate surface area is 150 Å². The molecule has 136 valence electrons. The van der Waals surface area contributed by atoms with Gasteiger partial charge in [-0.2, -0.15) is 0 Å². The summed E-state index contributed by atoms with van der Waals surface area (Å²) in [6, 6.07) is 7.94. The lowest BCUT2D eigenvalue weighted by Gasteiger charge is -2.51. The average Bonchev–Trinajstić information content (AvgIpc) is 2.67. The highest BCUT2D eigenvalue weighted by atomic mass is 16.3. The van der Waals surface area contributed by atoms with E-state index in [0.29, 0.717) is 18.9 Å². The van der Waals surface area contributed by atoms with Crippen molar-refractivity contribution in [3.63, 3.8) is 0 Å². The Bertz CT molecular complexity index is 605. The van der Waals surface area contributed by atoms with Gasteiger partial charge in [0.05, 0.1) is 0 Å². The quantitative estimate of drug-likeness (QED) is 0.901. The third kappa shape index (κ3) is 3.82. The largest absolute Gasteiger partial charge is 0.508 e. The summed E-state index contributed by atoms with van der Waals surface area (Å²) in [5.41, 5.74) is 1.03. The van der Waals surface area contributed by atoms with E-state index in [1.807, 2.05) is 17.0 Å². The SMILES string of the molecule is O=C(CCc1cccc(O)c1)N1CCN(C2CN3CCC2CC3)CC1. The van der Waals surface area contributed by atoms with Gasteiger partial charge in [-0.05, 0) is 56.0 Å². The Hall–Kier alpha value is -1.59. The number of hydrogen-bond donors (Lipinski definition) is 1. The van der Waals surface area contributed by atoms with E-state index in [4.69, 9.17) is 0 Å². The van der Waals surface area contributed by atoms with Gasteiger partial charge in [-0.15, -0.1) is 0 Å². The number of hydrogen-bond acceptors (Lipinski definition) is 4. The van der Waals surface area contributed by atoms with Crippen LogP contribution in [0.5, 0.6) is 5.75 Å². The maximum absolute atomic E-state index is 12.5. The van der Waals surface area contributed by atoms with Crippen molar-refractivity contribution in [2.24, 2.45) is 5.92 Å². The normalized spacial score (nSPS) is 29.8. The van der Waals surface area contributed by atoms with Crippen LogP contribution in [0.4, 0.5) is 0 Å². The van der Waals surface area contributed by atoms with Crippen molar-refractivity contribution in [1.29, 1.82) is 0 Å². The predicted octanol–water partition coefficient (Wildman–Crippen LogP) is 1.56. The molecule has 0 radical (unpaired) electrons. The molecule has 0 saturated carbocycles. The third-order valence-electron chi connectivity index (χ3n) is 6.30. The zero-order chi connectivity index (χ0) is 17.2. The van der Waals surface area contributed by atoms with E-state index in [2.05, 4.69) is 9.80 Å². The van der Waals surface area contributed by atoms with E-state index in [0.717, 1.165) is 37.7 Å². The van der Waals surface area contributed by atoms with Crippen molar-refractivity contribution in [1.82, 2.24) is 14.7 Å². The van der Waals surface area contributed by atoms with Crippen LogP contribution in [0.3, 0.4) is 0 Å². The summed E-state index contributed by atoms with van der Waals surface area (Å²) in [7, 11) is 0. The molecule has 1 unspecified atom stereocenters. The van der Waals surface area contributed by atoms with E-state index in [1.165, 1.54) is 32.5 Å². The van der Waals surface area contributed by atoms with Crippen molar-refractivity contribution < 1.29 is 9.90 Å². The van der Waals surface area contributed by atoms with Crippen LogP contribution in [0.2, 0.25) is 0 Å². The summed E-state index contributed by atoms with van der Waals surface area (Å²) in [6.45, 7) is 7.57. The molecule has 1 aromatic carbocycles. The van der Waals surface area contributed by atoms with Gasteiger partial charge in [-0.25, -0.2) is 0 Å². The highest BCUT2D eigenvalue weighted by Crippen LogP contribution is 2.31. The fourth-order valence-corrected chi connectivity index (χ4v) is 4.77. The molecular formula is C20H29N3O2. The third-order valence-corrected chi connectivity index (χ3v) is 6.30. The molecule has 1 aromatic rings. The molecule has 1 amide bonds. The Morgan fingerprint density at radius 3 is 2.48 bits per heavy atom. The van der Waals surface area contributed by atoms with Crippen molar-refractivity contribution in [3.8, 4) is 5.75 Å². The van der Waals surface area contributed by atoms with Crippen LogP contribution < -0.4 is 0 Å². The van der Waals surface area contributed by atoms with Gasteiger partial charge in [0.25, 0.3) is 0 Å². The first kappa shape index (κ1) is 16.9. The second kappa shape index (κ2) is 7.34. The first-order valence-electron chi connectivity index (χ1n) is 9.71. The number of aryl methyl sites for hydroxylation is 1. The van der Waals surface area contributed by atoms with Crippen molar-refractivity contribution in [3.05, 3.63) is 29.8 Å². The maximum atomic E-state index is 12.5. The first-order valence-corrected chi connectivity index (χ1v) is 9.71. The van der Waals surface area contributed by atoms with E-state index < -0.39 is 0 Å². The standard InChI is InChI=1S/C20H29N3O2/c24-18-3-1-2-16(14-18)4-5-20(25)23-12-10-22(11-13-23)19-15-21-8-6-17(19)7-9-21/h1-3,14,17,19,24H,4-13,15H2. The van der Waals surface area contributed by atoms with E-state index in [1.54, 1.807) is 12.1 Å². The van der Waals surface area contributed by atoms with Gasteiger partial charge < -0.3 is 14.9 Å². The second-order valence-corrected chi connectivity index (χ2v) is 7.79. The van der Waals surface area contributed by atoms with Gasteiger partial charge in [0.2, 0.25) is 5.91 Å². The van der Waals surface area contributed by atoms with E-state index >= 15 is 0 Å². The number of phenols is 1. The van der Waals surface area contributed by atoms with Gasteiger partial charge in [-0.3, -0.25) is 9.69 Å². The molecule has 0 spiro atoms. The van der Waals surface area contributed by atoms with Crippen molar-refractivity contribution >= 4 is 5.91 Å². The van der Waals surface area contributed by atoms with Gasteiger partial charge in [0, 0.05) is 45.2 Å². The van der Waals surface area contributed by atoms with Gasteiger partial charge in [0.1, 0.15) is 5.75 Å². The number of carbonyl (C=O) groups excluding carboxylic acids is 1. The summed E-state index contributed by atoms with van der Waals surface area (Å²) in [6.07, 6.45) is 3.94. The number of phenolic OH excluding ortho intramolecular Hbond substituents is 1. The summed E-state index contributed by atoms with van der Waals surface area (Å²) < 4.78 is 0. The number of benzene rings is 1. The molecule has 0 aliphatic carbocycles. The summed E-state index contributed by atoms with van der Waals surface area (Å²) in [5.74, 6) is 1.39. The van der Waals surface area contributed by atoms with Crippen LogP contribution in [-0.2, 0) is 11.2 Å². The molecule has 5 nitrogen and oxygen atoms in total. The van der Waals surface area contributed by atoms with Crippen LogP contribution in [0.25, 0.3) is 0 Å². The number of fused-ring (bicyclic) bond motifs is 3. The smallest absolute Gasteiger partial charge is 0.222 e. The van der Waals surface area contributed by atoms with Crippen LogP contribution in [-0.4, -0.2) is 77.6 Å². The molecular weight excluding hydrogens is 314 g/mol. The zero-order valence-corrected chi connectivity index (χ0v) is 14.9. The Kier molecular flexibility index (Phi) is 4.95. The van der Waals surface area contributed by atoms with Crippen molar-refractivity contribution in [2.45, 2.75) is 31.7 Å². The lowest BCUT2D eigenvalue weighted by atomic mass is 9.83. The second-order valence-electron chi connectivity index (χ2n) is 7.79. The molecule has 5 rings (SSSR count). The highest BCUT2D eigenvalue weighted by Gasteiger charge is 2.38. The average molecular weight is 343 g/mol. The molecule has 4 heterocycles. The summed E-state index contributed by atoms with van der Waals surface area (Å²) in [4.78, 5) is 19.8. The molecule has 4 aliphatic rings. The first-order chi connectivity index (χ1) is 12.2. The van der Waals surface area contributed by atoms with Crippen molar-refractivity contribution in [2.75, 3.05) is 45.8 Å². The molecule has 1 atom stereocenters. The monoisotopic (exact) mass is 343 g/mol. The molecule has 1 N–H and O–H groups in total. The van der Waals surface area contributed by atoms with Crippen LogP contribution in [0, 0.1) is 5.92 Å². The van der Waals surface area contributed by atoms with Crippen LogP contribution >= 0.6 is 0 Å². The molecule has 2 bridgehead atoms. The van der Waals surface area contributed by atoms with E-state index in [-0.39, 0.29) is 11.7 Å². The Morgan fingerprint density at radius 1 is 1.08 bits per heavy atom. The molecule has 4 saturated heterocycles. The lowest BCUT2D eigenvalue weighted by molar-refractivity contribution is -0.134. The van der Waals surface area contributed by atoms with Gasteiger partial charge in [-0.1, -0.05) is 12.1 Å². The fraction of sp³-hybridized carbons (Fsp3) is 0.650. The van der Waals surface area contributed by atoms with Gasteiger partial charge in [0.15, 0.2) is 0 Å². The molecule has 4 aliphatic heterocycles. The number of rotatable bonds is 4. The summed E-state index contributed by atoms with van der Waals surface area (Å²) in [5, 5.41) is 9.52. The minimum atomic E-state index is 0.247. The number of piperazine rings is 1. The lowest BCUT2D eigenvalue weighted by Crippen LogP contribution is -2.61. The summed E-state index contributed by atoms with van der Waals surface area (Å²) >= 11 is 0. The number of amides is 1. The highest BCUT2D eigenvalue weighted by molar-refractivity contribution is 5.76. The molecule has 4 fully saturated rings. The molecule has 25 heavy (non-hydrogen) atoms.